The molecule has 0 bridgehead atoms. The van der Waals surface area contributed by atoms with E-state index in [9.17, 15) is 4.79 Å². The Hall–Kier alpha value is -2.07. The van der Waals surface area contributed by atoms with Gasteiger partial charge >= 0.3 is 5.69 Å². The van der Waals surface area contributed by atoms with E-state index >= 15 is 0 Å². The Morgan fingerprint density at radius 3 is 2.88 bits per heavy atom. The van der Waals surface area contributed by atoms with Crippen molar-refractivity contribution in [2.75, 3.05) is 11.5 Å². The molecule has 1 aliphatic carbocycles. The quantitative estimate of drug-likeness (QED) is 0.684. The van der Waals surface area contributed by atoms with Crippen molar-refractivity contribution in [2.45, 2.75) is 35.2 Å². The number of pyridine rings is 1. The summed E-state index contributed by atoms with van der Waals surface area (Å²) in [5.41, 5.74) is 0.911. The van der Waals surface area contributed by atoms with Gasteiger partial charge in [-0.15, -0.1) is 15.3 Å². The molecule has 1 unspecified atom stereocenters. The first kappa shape index (κ1) is 15.2. The van der Waals surface area contributed by atoms with Crippen LogP contribution >= 0.6 is 23.5 Å². The number of rotatable bonds is 5. The Kier molecular flexibility index (Phi) is 3.66. The van der Waals surface area contributed by atoms with Crippen molar-refractivity contribution in [2.24, 2.45) is 0 Å². The number of hydrogen-bond donors (Lipinski definition) is 1. The van der Waals surface area contributed by atoms with Crippen LogP contribution in [0.2, 0.25) is 0 Å². The van der Waals surface area contributed by atoms with Crippen LogP contribution in [-0.4, -0.2) is 46.0 Å². The van der Waals surface area contributed by atoms with Crippen molar-refractivity contribution < 1.29 is 0 Å². The third-order valence-corrected chi connectivity index (χ3v) is 6.55. The maximum absolute atomic E-state index is 11.9. The third-order valence-electron chi connectivity index (χ3n) is 4.36. The van der Waals surface area contributed by atoms with E-state index < -0.39 is 0 Å². The lowest BCUT2D eigenvalue weighted by Gasteiger charge is -2.14. The SMILES string of the molecule is O=c1[nH]nc(SCC2CSc3nnc(-c4ccncc4)n32)n1C1CC1. The Balaban J connectivity index is 1.40. The van der Waals surface area contributed by atoms with Gasteiger partial charge in [0.1, 0.15) is 0 Å². The first-order chi connectivity index (χ1) is 12.3. The number of aromatic nitrogens is 7. The summed E-state index contributed by atoms with van der Waals surface area (Å²) in [6.07, 6.45) is 5.66. The van der Waals surface area contributed by atoms with Gasteiger partial charge in [-0.3, -0.25) is 14.1 Å². The van der Waals surface area contributed by atoms with Crippen LogP contribution in [0.3, 0.4) is 0 Å². The van der Waals surface area contributed by atoms with Crippen molar-refractivity contribution in [1.82, 2.24) is 34.5 Å². The highest BCUT2D eigenvalue weighted by molar-refractivity contribution is 8.00. The number of H-pyrrole nitrogens is 1. The van der Waals surface area contributed by atoms with Gasteiger partial charge in [-0.1, -0.05) is 23.5 Å². The molecule has 0 aromatic carbocycles. The van der Waals surface area contributed by atoms with Crippen molar-refractivity contribution >= 4 is 23.5 Å². The van der Waals surface area contributed by atoms with Gasteiger partial charge in [0, 0.05) is 35.5 Å². The van der Waals surface area contributed by atoms with Crippen LogP contribution in [0.4, 0.5) is 0 Å². The van der Waals surface area contributed by atoms with Crippen LogP contribution in [0.1, 0.15) is 24.9 Å². The summed E-state index contributed by atoms with van der Waals surface area (Å²) in [6, 6.07) is 4.48. The average molecular weight is 373 g/mol. The zero-order valence-corrected chi connectivity index (χ0v) is 14.8. The molecule has 25 heavy (non-hydrogen) atoms. The molecule has 8 nitrogen and oxygen atoms in total. The Labute approximate surface area is 151 Å². The highest BCUT2D eigenvalue weighted by Crippen LogP contribution is 2.40. The summed E-state index contributed by atoms with van der Waals surface area (Å²) in [7, 11) is 0. The summed E-state index contributed by atoms with van der Waals surface area (Å²) >= 11 is 3.34. The molecule has 10 heteroatoms. The Bertz CT molecular complexity index is 960. The number of fused-ring (bicyclic) bond motifs is 1. The predicted molar refractivity (Wildman–Crippen MR) is 94.9 cm³/mol. The normalized spacial score (nSPS) is 19.3. The molecule has 1 atom stereocenters. The average Bonchev–Trinajstić information content (AvgIpc) is 3.09. The number of aromatic amines is 1. The van der Waals surface area contributed by atoms with E-state index in [1.54, 1.807) is 40.5 Å². The van der Waals surface area contributed by atoms with Crippen LogP contribution in [0.15, 0.2) is 39.6 Å². The van der Waals surface area contributed by atoms with E-state index in [0.717, 1.165) is 46.0 Å². The largest absolute Gasteiger partial charge is 0.344 e. The molecule has 0 spiro atoms. The third kappa shape index (κ3) is 2.69. The van der Waals surface area contributed by atoms with Gasteiger partial charge in [-0.05, 0) is 25.0 Å². The molecule has 0 saturated heterocycles. The Morgan fingerprint density at radius 1 is 1.24 bits per heavy atom. The summed E-state index contributed by atoms with van der Waals surface area (Å²) < 4.78 is 3.99. The van der Waals surface area contributed by atoms with E-state index in [2.05, 4.69) is 29.9 Å². The number of thioether (sulfide) groups is 2. The second-order valence-electron chi connectivity index (χ2n) is 6.10. The minimum Gasteiger partial charge on any atom is -0.297 e. The summed E-state index contributed by atoms with van der Waals surface area (Å²) in [5.74, 6) is 2.65. The molecule has 1 fully saturated rings. The fourth-order valence-corrected chi connectivity index (χ4v) is 5.31. The molecule has 1 aliphatic heterocycles. The van der Waals surface area contributed by atoms with Gasteiger partial charge < -0.3 is 0 Å². The first-order valence-corrected chi connectivity index (χ1v) is 10.1. The van der Waals surface area contributed by atoms with Crippen LogP contribution < -0.4 is 5.69 Å². The van der Waals surface area contributed by atoms with E-state index in [0.29, 0.717) is 6.04 Å². The molecule has 128 valence electrons. The van der Waals surface area contributed by atoms with Gasteiger partial charge in [0.05, 0.1) is 6.04 Å². The summed E-state index contributed by atoms with van der Waals surface area (Å²) in [4.78, 5) is 16.0. The van der Waals surface area contributed by atoms with Gasteiger partial charge in [0.2, 0.25) is 0 Å². The standard InChI is InChI=1S/C15H15N7OS2/c23-13-18-20-15(22(13)10-1-2-10)25-8-11-7-24-14-19-17-12(21(11)14)9-3-5-16-6-4-9/h3-6,10-11H,1-2,7-8H2,(H,18,23). The van der Waals surface area contributed by atoms with Gasteiger partial charge in [0.15, 0.2) is 16.1 Å². The van der Waals surface area contributed by atoms with Crippen molar-refractivity contribution in [1.29, 1.82) is 0 Å². The molecule has 4 heterocycles. The summed E-state index contributed by atoms with van der Waals surface area (Å²) in [5, 5.41) is 17.2. The molecule has 0 amide bonds. The lowest BCUT2D eigenvalue weighted by molar-refractivity contribution is 0.593. The minimum absolute atomic E-state index is 0.103. The number of hydrogen-bond acceptors (Lipinski definition) is 7. The maximum atomic E-state index is 11.9. The highest BCUT2D eigenvalue weighted by Gasteiger charge is 2.31. The fraction of sp³-hybridized carbons (Fsp3) is 0.400. The number of nitrogens with one attached hydrogen (secondary N) is 1. The summed E-state index contributed by atoms with van der Waals surface area (Å²) in [6.45, 7) is 0. The van der Waals surface area contributed by atoms with Gasteiger partial charge in [-0.25, -0.2) is 9.89 Å². The van der Waals surface area contributed by atoms with Crippen molar-refractivity contribution in [3.8, 4) is 11.4 Å². The zero-order valence-electron chi connectivity index (χ0n) is 13.2. The Morgan fingerprint density at radius 2 is 2.08 bits per heavy atom. The van der Waals surface area contributed by atoms with Crippen LogP contribution in [0.25, 0.3) is 11.4 Å². The second kappa shape index (κ2) is 6.03. The van der Waals surface area contributed by atoms with Crippen LogP contribution in [0.5, 0.6) is 0 Å². The fourth-order valence-electron chi connectivity index (χ4n) is 2.99. The topological polar surface area (TPSA) is 94.3 Å². The predicted octanol–water partition coefficient (Wildman–Crippen LogP) is 2.00. The lowest BCUT2D eigenvalue weighted by Crippen LogP contribution is -2.17. The van der Waals surface area contributed by atoms with Crippen molar-refractivity contribution in [3.63, 3.8) is 0 Å². The molecule has 1 N–H and O–H groups in total. The van der Waals surface area contributed by atoms with E-state index in [1.165, 1.54) is 0 Å². The smallest absolute Gasteiger partial charge is 0.297 e. The zero-order chi connectivity index (χ0) is 16.8. The van der Waals surface area contributed by atoms with Crippen LogP contribution in [-0.2, 0) is 0 Å². The molecule has 3 aromatic rings. The second-order valence-corrected chi connectivity index (χ2v) is 8.07. The van der Waals surface area contributed by atoms with E-state index in [1.807, 2.05) is 12.1 Å². The highest BCUT2D eigenvalue weighted by atomic mass is 32.2. The molecule has 3 aromatic heterocycles. The van der Waals surface area contributed by atoms with Gasteiger partial charge in [0.25, 0.3) is 0 Å². The molecule has 5 rings (SSSR count). The molecular formula is C15H15N7OS2. The maximum Gasteiger partial charge on any atom is 0.344 e. The monoisotopic (exact) mass is 373 g/mol. The first-order valence-electron chi connectivity index (χ1n) is 8.09. The lowest BCUT2D eigenvalue weighted by atomic mass is 10.2. The molecule has 1 saturated carbocycles. The van der Waals surface area contributed by atoms with Crippen molar-refractivity contribution in [3.05, 3.63) is 35.0 Å². The molecular weight excluding hydrogens is 358 g/mol. The van der Waals surface area contributed by atoms with E-state index in [4.69, 9.17) is 0 Å². The van der Waals surface area contributed by atoms with E-state index in [-0.39, 0.29) is 11.7 Å². The van der Waals surface area contributed by atoms with Crippen LogP contribution in [0, 0.1) is 0 Å². The molecule has 0 radical (unpaired) electrons. The molecule has 2 aliphatic rings. The van der Waals surface area contributed by atoms with Gasteiger partial charge in [-0.2, -0.15) is 0 Å². The number of nitrogens with zero attached hydrogens (tertiary/aromatic N) is 6. The minimum atomic E-state index is -0.103.